The summed E-state index contributed by atoms with van der Waals surface area (Å²) in [6.45, 7) is 9.66. The number of aryl methyl sites for hydroxylation is 1. The first-order valence-electron chi connectivity index (χ1n) is 9.48. The van der Waals surface area contributed by atoms with Gasteiger partial charge in [0.15, 0.2) is 0 Å². The molecule has 0 spiro atoms. The maximum Gasteiger partial charge on any atom is 0.220 e. The molecular weight excluding hydrogens is 371 g/mol. The van der Waals surface area contributed by atoms with Crippen LogP contribution in [0.5, 0.6) is 0 Å². The Bertz CT molecular complexity index is 577. The van der Waals surface area contributed by atoms with E-state index in [0.717, 1.165) is 50.5 Å². The highest BCUT2D eigenvalue weighted by Gasteiger charge is 2.25. The minimum Gasteiger partial charge on any atom is -0.352 e. The number of piperidine rings is 1. The smallest absolute Gasteiger partial charge is 0.220 e. The van der Waals surface area contributed by atoms with Crippen LogP contribution in [-0.4, -0.2) is 34.6 Å². The number of fused-ring (bicyclic) bond motifs is 1. The van der Waals surface area contributed by atoms with Crippen LogP contribution < -0.4 is 10.6 Å². The van der Waals surface area contributed by atoms with E-state index in [4.69, 9.17) is 4.98 Å². The number of amides is 1. The molecule has 1 amide bonds. The molecule has 3 rings (SSSR count). The lowest BCUT2D eigenvalue weighted by molar-refractivity contribution is -0.122. The third-order valence-corrected chi connectivity index (χ3v) is 5.36. The SMILES string of the molecule is CC(C)(C)c1cn2c(n1)CCC(NC(=O)CCC1CCNCC1)C2.Cl.Cl. The van der Waals surface area contributed by atoms with Crippen molar-refractivity contribution in [1.82, 2.24) is 20.2 Å². The Balaban J connectivity index is 0.00000169. The summed E-state index contributed by atoms with van der Waals surface area (Å²) in [6.07, 6.45) is 8.25. The molecule has 2 N–H and O–H groups in total. The zero-order valence-corrected chi connectivity index (χ0v) is 17.8. The molecule has 26 heavy (non-hydrogen) atoms. The number of carbonyl (C=O) groups is 1. The summed E-state index contributed by atoms with van der Waals surface area (Å²) >= 11 is 0. The molecule has 2 aliphatic rings. The molecule has 0 radical (unpaired) electrons. The van der Waals surface area contributed by atoms with Gasteiger partial charge in [0.2, 0.25) is 5.91 Å². The first-order chi connectivity index (χ1) is 11.4. The predicted molar refractivity (Wildman–Crippen MR) is 111 cm³/mol. The Morgan fingerprint density at radius 2 is 1.96 bits per heavy atom. The van der Waals surface area contributed by atoms with E-state index in [2.05, 4.69) is 42.2 Å². The van der Waals surface area contributed by atoms with Gasteiger partial charge in [0, 0.05) is 37.0 Å². The quantitative estimate of drug-likeness (QED) is 0.809. The van der Waals surface area contributed by atoms with Crippen LogP contribution in [0, 0.1) is 5.92 Å². The van der Waals surface area contributed by atoms with E-state index in [1.807, 2.05) is 0 Å². The van der Waals surface area contributed by atoms with Crippen LogP contribution in [0.25, 0.3) is 0 Å². The van der Waals surface area contributed by atoms with Gasteiger partial charge in [0.1, 0.15) is 5.82 Å². The highest BCUT2D eigenvalue weighted by Crippen LogP contribution is 2.24. The Kier molecular flexibility index (Phi) is 8.90. The molecule has 3 heterocycles. The Morgan fingerprint density at radius 3 is 2.62 bits per heavy atom. The number of rotatable bonds is 4. The first-order valence-corrected chi connectivity index (χ1v) is 9.48. The van der Waals surface area contributed by atoms with Crippen LogP contribution in [0.3, 0.4) is 0 Å². The number of halogens is 2. The summed E-state index contributed by atoms with van der Waals surface area (Å²) < 4.78 is 2.24. The Hall–Kier alpha value is -0.780. The van der Waals surface area contributed by atoms with E-state index in [1.165, 1.54) is 18.7 Å². The van der Waals surface area contributed by atoms with Gasteiger partial charge in [-0.15, -0.1) is 24.8 Å². The molecule has 0 aromatic carbocycles. The topological polar surface area (TPSA) is 59.0 Å². The van der Waals surface area contributed by atoms with Gasteiger partial charge in [0.05, 0.1) is 5.69 Å². The zero-order valence-electron chi connectivity index (χ0n) is 16.2. The van der Waals surface area contributed by atoms with Crippen molar-refractivity contribution in [3.63, 3.8) is 0 Å². The highest BCUT2D eigenvalue weighted by molar-refractivity contribution is 5.85. The van der Waals surface area contributed by atoms with Crippen molar-refractivity contribution < 1.29 is 4.79 Å². The van der Waals surface area contributed by atoms with Gasteiger partial charge in [-0.25, -0.2) is 4.98 Å². The summed E-state index contributed by atoms with van der Waals surface area (Å²) in [5, 5.41) is 6.62. The number of aromatic nitrogens is 2. The van der Waals surface area contributed by atoms with Gasteiger partial charge in [-0.3, -0.25) is 4.79 Å². The van der Waals surface area contributed by atoms with Crippen molar-refractivity contribution in [2.75, 3.05) is 13.1 Å². The zero-order chi connectivity index (χ0) is 17.2. The molecule has 0 bridgehead atoms. The summed E-state index contributed by atoms with van der Waals surface area (Å²) in [6, 6.07) is 0.250. The largest absolute Gasteiger partial charge is 0.352 e. The van der Waals surface area contributed by atoms with Crippen molar-refractivity contribution in [2.45, 2.75) is 77.3 Å². The summed E-state index contributed by atoms with van der Waals surface area (Å²) in [5.74, 6) is 2.11. The van der Waals surface area contributed by atoms with Crippen molar-refractivity contribution >= 4 is 30.7 Å². The first kappa shape index (κ1) is 23.3. The fourth-order valence-electron chi connectivity index (χ4n) is 3.73. The fraction of sp³-hybridized carbons (Fsp3) is 0.789. The van der Waals surface area contributed by atoms with E-state index in [1.54, 1.807) is 0 Å². The molecule has 1 saturated heterocycles. The molecule has 0 saturated carbocycles. The molecule has 2 aliphatic heterocycles. The van der Waals surface area contributed by atoms with Crippen LogP contribution in [0.2, 0.25) is 0 Å². The third-order valence-electron chi connectivity index (χ3n) is 5.36. The number of nitrogens with one attached hydrogen (secondary N) is 2. The molecule has 5 nitrogen and oxygen atoms in total. The van der Waals surface area contributed by atoms with Crippen LogP contribution in [0.4, 0.5) is 0 Å². The van der Waals surface area contributed by atoms with Crippen LogP contribution in [-0.2, 0) is 23.2 Å². The van der Waals surface area contributed by atoms with Gasteiger partial charge in [0.25, 0.3) is 0 Å². The molecule has 150 valence electrons. The van der Waals surface area contributed by atoms with Crippen molar-refractivity contribution in [2.24, 2.45) is 5.92 Å². The van der Waals surface area contributed by atoms with Gasteiger partial charge in [-0.05, 0) is 44.7 Å². The lowest BCUT2D eigenvalue weighted by atomic mass is 9.93. The highest BCUT2D eigenvalue weighted by atomic mass is 35.5. The third kappa shape index (κ3) is 6.14. The van der Waals surface area contributed by atoms with Gasteiger partial charge in [-0.2, -0.15) is 0 Å². The Morgan fingerprint density at radius 1 is 1.27 bits per heavy atom. The number of carbonyl (C=O) groups excluding carboxylic acids is 1. The number of hydrogen-bond acceptors (Lipinski definition) is 3. The normalized spacial score (nSPS) is 20.5. The fourth-order valence-corrected chi connectivity index (χ4v) is 3.73. The number of hydrogen-bond donors (Lipinski definition) is 2. The standard InChI is InChI=1S/C19H32N4O.2ClH/c1-19(2,3)16-13-23-12-15(5-6-17(23)22-16)21-18(24)7-4-14-8-10-20-11-9-14;;/h13-15,20H,4-12H2,1-3H3,(H,21,24);2*1H. The minimum atomic E-state index is 0. The second-order valence-electron chi connectivity index (χ2n) is 8.48. The second kappa shape index (κ2) is 9.95. The second-order valence-corrected chi connectivity index (χ2v) is 8.48. The van der Waals surface area contributed by atoms with Crippen molar-refractivity contribution in [3.8, 4) is 0 Å². The van der Waals surface area contributed by atoms with E-state index < -0.39 is 0 Å². The predicted octanol–water partition coefficient (Wildman–Crippen LogP) is 3.24. The molecule has 1 atom stereocenters. The van der Waals surface area contributed by atoms with E-state index in [-0.39, 0.29) is 42.2 Å². The lowest BCUT2D eigenvalue weighted by Gasteiger charge is -2.26. The van der Waals surface area contributed by atoms with E-state index >= 15 is 0 Å². The Labute approximate surface area is 169 Å². The maximum absolute atomic E-state index is 12.3. The summed E-state index contributed by atoms with van der Waals surface area (Å²) in [4.78, 5) is 17.1. The van der Waals surface area contributed by atoms with E-state index in [0.29, 0.717) is 6.42 Å². The number of nitrogens with zero attached hydrogens (tertiary/aromatic N) is 2. The summed E-state index contributed by atoms with van der Waals surface area (Å²) in [5.41, 5.74) is 1.23. The van der Waals surface area contributed by atoms with Gasteiger partial charge < -0.3 is 15.2 Å². The monoisotopic (exact) mass is 404 g/mol. The average molecular weight is 405 g/mol. The van der Waals surface area contributed by atoms with Crippen molar-refractivity contribution in [3.05, 3.63) is 17.7 Å². The van der Waals surface area contributed by atoms with E-state index in [9.17, 15) is 4.79 Å². The van der Waals surface area contributed by atoms with Crippen molar-refractivity contribution in [1.29, 1.82) is 0 Å². The van der Waals surface area contributed by atoms with Gasteiger partial charge in [-0.1, -0.05) is 20.8 Å². The molecule has 0 aliphatic carbocycles. The van der Waals surface area contributed by atoms with Crippen LogP contribution >= 0.6 is 24.8 Å². The van der Waals surface area contributed by atoms with Crippen LogP contribution in [0.15, 0.2) is 6.20 Å². The molecular formula is C19H34Cl2N4O. The molecule has 1 aromatic heterocycles. The molecule has 7 heteroatoms. The average Bonchev–Trinajstić information content (AvgIpc) is 2.97. The minimum absolute atomic E-state index is 0. The molecule has 1 unspecified atom stereocenters. The maximum atomic E-state index is 12.3. The lowest BCUT2D eigenvalue weighted by Crippen LogP contribution is -2.41. The molecule has 1 aromatic rings. The van der Waals surface area contributed by atoms with Gasteiger partial charge >= 0.3 is 0 Å². The summed E-state index contributed by atoms with van der Waals surface area (Å²) in [7, 11) is 0. The van der Waals surface area contributed by atoms with Crippen LogP contribution in [0.1, 0.15) is 64.4 Å². The molecule has 1 fully saturated rings. The number of imidazole rings is 1.